The van der Waals surface area contributed by atoms with Crippen molar-refractivity contribution >= 4 is 17.4 Å². The molecule has 1 fully saturated rings. The Kier molecular flexibility index (Phi) is 5.24. The van der Waals surface area contributed by atoms with Crippen LogP contribution in [0.2, 0.25) is 0 Å². The first kappa shape index (κ1) is 18.7. The quantitative estimate of drug-likeness (QED) is 0.400. The molecule has 0 unspecified atom stereocenters. The van der Waals surface area contributed by atoms with Gasteiger partial charge in [-0.3, -0.25) is 9.59 Å². The molecule has 0 radical (unpaired) electrons. The number of ketones is 1. The Balaban J connectivity index is 1.70. The van der Waals surface area contributed by atoms with Gasteiger partial charge in [0.25, 0.3) is 11.7 Å². The number of nitrogens with zero attached hydrogens (tertiary/aromatic N) is 3. The fraction of sp³-hybridized carbons (Fsp3) is 0.174. The van der Waals surface area contributed by atoms with Gasteiger partial charge in [-0.2, -0.15) is 0 Å². The highest BCUT2D eigenvalue weighted by Gasteiger charge is 2.45. The highest BCUT2D eigenvalue weighted by Crippen LogP contribution is 2.39. The summed E-state index contributed by atoms with van der Waals surface area (Å²) in [4.78, 5) is 31.3. The third kappa shape index (κ3) is 3.69. The number of rotatable bonds is 6. The Labute approximate surface area is 168 Å². The molecular formula is C23H21N3O3. The topological polar surface area (TPSA) is 75.4 Å². The van der Waals surface area contributed by atoms with Gasteiger partial charge in [0, 0.05) is 31.0 Å². The number of likely N-dealkylation sites (tertiary alicyclic amines) is 1. The number of hydrogen-bond acceptors (Lipinski definition) is 4. The van der Waals surface area contributed by atoms with Gasteiger partial charge >= 0.3 is 0 Å². The smallest absolute Gasteiger partial charge is 0.295 e. The molecule has 0 saturated carbocycles. The van der Waals surface area contributed by atoms with E-state index < -0.39 is 17.7 Å². The minimum atomic E-state index is -0.650. The predicted molar refractivity (Wildman–Crippen MR) is 109 cm³/mol. The summed E-state index contributed by atoms with van der Waals surface area (Å²) in [5.74, 6) is -1.38. The molecular weight excluding hydrogens is 366 g/mol. The average Bonchev–Trinajstić information content (AvgIpc) is 3.37. The second kappa shape index (κ2) is 8.14. The number of aliphatic hydroxyl groups excluding tert-OH is 1. The van der Waals surface area contributed by atoms with Crippen LogP contribution < -0.4 is 0 Å². The molecule has 2 heterocycles. The number of Topliss-reactive ketones (excluding diaryl/α,β-unsaturated/α-hetero) is 1. The average molecular weight is 387 g/mol. The van der Waals surface area contributed by atoms with Crippen LogP contribution in [0.4, 0.5) is 0 Å². The Morgan fingerprint density at radius 1 is 0.966 bits per heavy atom. The molecule has 2 aromatic carbocycles. The van der Waals surface area contributed by atoms with Gasteiger partial charge in [-0.1, -0.05) is 60.7 Å². The molecule has 29 heavy (non-hydrogen) atoms. The van der Waals surface area contributed by atoms with E-state index in [1.54, 1.807) is 41.7 Å². The Hall–Kier alpha value is -3.67. The fourth-order valence-electron chi connectivity index (χ4n) is 3.69. The zero-order chi connectivity index (χ0) is 20.2. The molecule has 6 heteroatoms. The standard InChI is InChI=1S/C23H21N3O3/c27-21(18-10-5-2-6-11-18)19-20(17-8-3-1-4-9-17)26(23(29)22(19)28)14-7-13-25-15-12-24-16-25/h1-6,8-12,15-16,20,27H,7,13-14H2/t20-/m1/s1. The molecule has 1 atom stereocenters. The summed E-state index contributed by atoms with van der Waals surface area (Å²) in [6.07, 6.45) is 5.95. The molecule has 1 N–H and O–H groups in total. The maximum Gasteiger partial charge on any atom is 0.295 e. The summed E-state index contributed by atoms with van der Waals surface area (Å²) >= 11 is 0. The lowest BCUT2D eigenvalue weighted by atomic mass is 9.95. The number of carbonyl (C=O) groups is 2. The number of aryl methyl sites for hydroxylation is 1. The molecule has 1 amide bonds. The number of aliphatic hydroxyl groups is 1. The van der Waals surface area contributed by atoms with Crippen molar-refractivity contribution in [3.63, 3.8) is 0 Å². The fourth-order valence-corrected chi connectivity index (χ4v) is 3.69. The number of imidazole rings is 1. The van der Waals surface area contributed by atoms with Crippen LogP contribution in [0.3, 0.4) is 0 Å². The molecule has 6 nitrogen and oxygen atoms in total. The van der Waals surface area contributed by atoms with E-state index in [1.165, 1.54) is 0 Å². The largest absolute Gasteiger partial charge is 0.507 e. The van der Waals surface area contributed by atoms with Crippen LogP contribution in [0.15, 0.2) is 85.0 Å². The molecule has 1 aromatic heterocycles. The highest BCUT2D eigenvalue weighted by atomic mass is 16.3. The van der Waals surface area contributed by atoms with Crippen LogP contribution in [0.25, 0.3) is 5.76 Å². The van der Waals surface area contributed by atoms with E-state index in [4.69, 9.17) is 0 Å². The molecule has 0 aliphatic carbocycles. The molecule has 0 bridgehead atoms. The number of aromatic nitrogens is 2. The van der Waals surface area contributed by atoms with E-state index in [0.717, 1.165) is 5.56 Å². The summed E-state index contributed by atoms with van der Waals surface area (Å²) in [7, 11) is 0. The van der Waals surface area contributed by atoms with Crippen molar-refractivity contribution in [1.82, 2.24) is 14.5 Å². The lowest BCUT2D eigenvalue weighted by Gasteiger charge is -2.25. The molecule has 1 saturated heterocycles. The van der Waals surface area contributed by atoms with E-state index in [0.29, 0.717) is 25.1 Å². The van der Waals surface area contributed by atoms with Crippen molar-refractivity contribution < 1.29 is 14.7 Å². The minimum Gasteiger partial charge on any atom is -0.507 e. The van der Waals surface area contributed by atoms with Crippen LogP contribution in [0, 0.1) is 0 Å². The van der Waals surface area contributed by atoms with Gasteiger partial charge in [0.1, 0.15) is 5.76 Å². The summed E-state index contributed by atoms with van der Waals surface area (Å²) in [6.45, 7) is 1.08. The van der Waals surface area contributed by atoms with Crippen LogP contribution in [-0.4, -0.2) is 37.8 Å². The molecule has 3 aromatic rings. The summed E-state index contributed by atoms with van der Waals surface area (Å²) in [5, 5.41) is 10.9. The molecule has 4 rings (SSSR count). The van der Waals surface area contributed by atoms with E-state index in [9.17, 15) is 14.7 Å². The van der Waals surface area contributed by atoms with Gasteiger partial charge in [0.05, 0.1) is 17.9 Å². The maximum atomic E-state index is 12.9. The van der Waals surface area contributed by atoms with Gasteiger partial charge in [-0.15, -0.1) is 0 Å². The van der Waals surface area contributed by atoms with E-state index in [2.05, 4.69) is 4.98 Å². The first-order valence-corrected chi connectivity index (χ1v) is 9.51. The van der Waals surface area contributed by atoms with Crippen molar-refractivity contribution in [3.8, 4) is 0 Å². The summed E-state index contributed by atoms with van der Waals surface area (Å²) in [6, 6.07) is 17.6. The SMILES string of the molecule is O=C1C(=O)N(CCCn2ccnc2)[C@H](c2ccccc2)C1=C(O)c1ccccc1. The van der Waals surface area contributed by atoms with E-state index in [1.807, 2.05) is 47.2 Å². The molecule has 1 aliphatic rings. The second-order valence-corrected chi connectivity index (χ2v) is 6.92. The van der Waals surface area contributed by atoms with E-state index >= 15 is 0 Å². The normalized spacial score (nSPS) is 18.3. The minimum absolute atomic E-state index is 0.134. The van der Waals surface area contributed by atoms with Crippen molar-refractivity contribution in [1.29, 1.82) is 0 Å². The summed E-state index contributed by atoms with van der Waals surface area (Å²) < 4.78 is 1.93. The van der Waals surface area contributed by atoms with Gasteiger partial charge in [-0.25, -0.2) is 4.98 Å². The van der Waals surface area contributed by atoms with Crippen molar-refractivity contribution in [2.45, 2.75) is 19.0 Å². The monoisotopic (exact) mass is 387 g/mol. The van der Waals surface area contributed by atoms with Gasteiger partial charge < -0.3 is 14.6 Å². The van der Waals surface area contributed by atoms with Crippen molar-refractivity contribution in [2.75, 3.05) is 6.54 Å². The van der Waals surface area contributed by atoms with Crippen LogP contribution >= 0.6 is 0 Å². The Bertz CT molecular complexity index is 1030. The van der Waals surface area contributed by atoms with Crippen LogP contribution in [0.5, 0.6) is 0 Å². The lowest BCUT2D eigenvalue weighted by molar-refractivity contribution is -0.139. The van der Waals surface area contributed by atoms with Gasteiger partial charge in [0.2, 0.25) is 0 Å². The predicted octanol–water partition coefficient (Wildman–Crippen LogP) is 3.40. The van der Waals surface area contributed by atoms with Crippen LogP contribution in [0.1, 0.15) is 23.6 Å². The Morgan fingerprint density at radius 3 is 2.31 bits per heavy atom. The number of hydrogen-bond donors (Lipinski definition) is 1. The maximum absolute atomic E-state index is 12.9. The zero-order valence-electron chi connectivity index (χ0n) is 15.8. The third-order valence-corrected chi connectivity index (χ3v) is 5.08. The first-order chi connectivity index (χ1) is 14.2. The number of amides is 1. The molecule has 146 valence electrons. The lowest BCUT2D eigenvalue weighted by Crippen LogP contribution is -2.31. The molecule has 0 spiro atoms. The Morgan fingerprint density at radius 2 is 1.66 bits per heavy atom. The second-order valence-electron chi connectivity index (χ2n) is 6.92. The first-order valence-electron chi connectivity index (χ1n) is 9.51. The third-order valence-electron chi connectivity index (χ3n) is 5.08. The highest BCUT2D eigenvalue weighted by molar-refractivity contribution is 6.46. The summed E-state index contributed by atoms with van der Waals surface area (Å²) in [5.41, 5.74) is 1.45. The molecule has 1 aliphatic heterocycles. The van der Waals surface area contributed by atoms with Crippen LogP contribution in [-0.2, 0) is 16.1 Å². The number of carbonyl (C=O) groups excluding carboxylic acids is 2. The van der Waals surface area contributed by atoms with Gasteiger partial charge in [0.15, 0.2) is 0 Å². The van der Waals surface area contributed by atoms with Gasteiger partial charge in [-0.05, 0) is 12.0 Å². The number of benzene rings is 2. The zero-order valence-corrected chi connectivity index (χ0v) is 15.8. The van der Waals surface area contributed by atoms with Crippen molar-refractivity contribution in [2.24, 2.45) is 0 Å². The van der Waals surface area contributed by atoms with E-state index in [-0.39, 0.29) is 11.3 Å². The van der Waals surface area contributed by atoms with Crippen molar-refractivity contribution in [3.05, 3.63) is 96.1 Å².